The van der Waals surface area contributed by atoms with Gasteiger partial charge in [0.25, 0.3) is 0 Å². The van der Waals surface area contributed by atoms with E-state index < -0.39 is 29.3 Å². The number of hydrogen-bond donors (Lipinski definition) is 2. The lowest BCUT2D eigenvalue weighted by Crippen LogP contribution is -2.18. The minimum absolute atomic E-state index is 0.129. The topological polar surface area (TPSA) is 57.5 Å². The highest BCUT2D eigenvalue weighted by Gasteiger charge is 2.29. The van der Waals surface area contributed by atoms with E-state index in [0.717, 1.165) is 12.1 Å². The van der Waals surface area contributed by atoms with Gasteiger partial charge in [0.05, 0.1) is 0 Å². The van der Waals surface area contributed by atoms with Gasteiger partial charge >= 0.3 is 0 Å². The van der Waals surface area contributed by atoms with Gasteiger partial charge in [0.2, 0.25) is 0 Å². The van der Waals surface area contributed by atoms with Crippen LogP contribution in [-0.4, -0.2) is 16.0 Å². The normalized spacial score (nSPS) is 13.6. The standard InChI is InChI=1S/C17H16F2O3/c1-9(15-11(18)5-3-7-13(15)20)17(22)10(2)16-12(19)6-4-8-14(16)21/h3-10,20-21H,1-2H3. The number of benzene rings is 2. The van der Waals surface area contributed by atoms with Gasteiger partial charge < -0.3 is 10.2 Å². The Balaban J connectivity index is 2.39. The second-order valence-corrected chi connectivity index (χ2v) is 5.19. The highest BCUT2D eigenvalue weighted by Crippen LogP contribution is 2.36. The van der Waals surface area contributed by atoms with Crippen LogP contribution >= 0.6 is 0 Å². The molecule has 0 bridgehead atoms. The van der Waals surface area contributed by atoms with Gasteiger partial charge in [0.1, 0.15) is 28.9 Å². The molecule has 2 atom stereocenters. The van der Waals surface area contributed by atoms with E-state index in [4.69, 9.17) is 0 Å². The Morgan fingerprint density at radius 2 is 1.23 bits per heavy atom. The van der Waals surface area contributed by atoms with Gasteiger partial charge in [-0.05, 0) is 24.3 Å². The first-order valence-corrected chi connectivity index (χ1v) is 6.83. The predicted octanol–water partition coefficient (Wildman–Crippen LogP) is 3.85. The molecule has 0 aromatic heterocycles. The molecule has 0 aliphatic heterocycles. The van der Waals surface area contributed by atoms with Crippen LogP contribution in [-0.2, 0) is 4.79 Å². The number of ketones is 1. The van der Waals surface area contributed by atoms with Gasteiger partial charge in [-0.1, -0.05) is 26.0 Å². The van der Waals surface area contributed by atoms with Crippen LogP contribution < -0.4 is 0 Å². The average molecular weight is 306 g/mol. The molecule has 0 heterocycles. The minimum Gasteiger partial charge on any atom is -0.508 e. The first kappa shape index (κ1) is 15.9. The quantitative estimate of drug-likeness (QED) is 0.902. The molecule has 2 rings (SSSR count). The summed E-state index contributed by atoms with van der Waals surface area (Å²) in [5, 5.41) is 19.5. The Kier molecular flexibility index (Phi) is 4.45. The van der Waals surface area contributed by atoms with Crippen LogP contribution in [0, 0.1) is 11.6 Å². The number of hydrogen-bond acceptors (Lipinski definition) is 3. The molecule has 116 valence electrons. The fraction of sp³-hybridized carbons (Fsp3) is 0.235. The summed E-state index contributed by atoms with van der Waals surface area (Å²) in [5.41, 5.74) is -0.259. The van der Waals surface area contributed by atoms with E-state index in [1.54, 1.807) is 0 Å². The number of carbonyl (C=O) groups excluding carboxylic acids is 1. The van der Waals surface area contributed by atoms with Crippen LogP contribution in [0.4, 0.5) is 8.78 Å². The van der Waals surface area contributed by atoms with Crippen LogP contribution in [0.3, 0.4) is 0 Å². The predicted molar refractivity (Wildman–Crippen MR) is 78.0 cm³/mol. The maximum absolute atomic E-state index is 13.8. The number of phenols is 2. The summed E-state index contributed by atoms with van der Waals surface area (Å²) in [5.74, 6) is -4.51. The molecule has 0 spiro atoms. The largest absolute Gasteiger partial charge is 0.508 e. The first-order valence-electron chi connectivity index (χ1n) is 6.83. The highest BCUT2D eigenvalue weighted by molar-refractivity contribution is 5.92. The number of aromatic hydroxyl groups is 2. The number of phenolic OH excluding ortho intramolecular Hbond substituents is 2. The second-order valence-electron chi connectivity index (χ2n) is 5.19. The van der Waals surface area contributed by atoms with Gasteiger partial charge in [0, 0.05) is 23.0 Å². The van der Waals surface area contributed by atoms with Crippen molar-refractivity contribution < 1.29 is 23.8 Å². The van der Waals surface area contributed by atoms with Crippen molar-refractivity contribution in [2.75, 3.05) is 0 Å². The molecule has 0 saturated heterocycles. The van der Waals surface area contributed by atoms with Crippen molar-refractivity contribution in [2.45, 2.75) is 25.7 Å². The number of rotatable bonds is 4. The third kappa shape index (κ3) is 2.79. The molecule has 2 aromatic rings. The molecular weight excluding hydrogens is 290 g/mol. The molecule has 0 aliphatic carbocycles. The van der Waals surface area contributed by atoms with Crippen molar-refractivity contribution in [1.82, 2.24) is 0 Å². The zero-order chi connectivity index (χ0) is 16.4. The Morgan fingerprint density at radius 3 is 1.55 bits per heavy atom. The lowest BCUT2D eigenvalue weighted by Gasteiger charge is -2.19. The van der Waals surface area contributed by atoms with Crippen LogP contribution in [0.5, 0.6) is 11.5 Å². The van der Waals surface area contributed by atoms with Crippen molar-refractivity contribution in [3.8, 4) is 11.5 Å². The maximum atomic E-state index is 13.8. The molecule has 0 amide bonds. The smallest absolute Gasteiger partial charge is 0.147 e. The number of Topliss-reactive ketones (excluding diaryl/α,β-unsaturated/α-hetero) is 1. The molecule has 0 fully saturated rings. The molecule has 0 aliphatic rings. The summed E-state index contributed by atoms with van der Waals surface area (Å²) < 4.78 is 27.7. The third-order valence-corrected chi connectivity index (χ3v) is 3.78. The molecule has 3 nitrogen and oxygen atoms in total. The summed E-state index contributed by atoms with van der Waals surface area (Å²) in [6, 6.07) is 7.52. The molecule has 5 heteroatoms. The second kappa shape index (κ2) is 6.13. The lowest BCUT2D eigenvalue weighted by atomic mass is 9.84. The van der Waals surface area contributed by atoms with E-state index >= 15 is 0 Å². The van der Waals surface area contributed by atoms with Crippen molar-refractivity contribution in [2.24, 2.45) is 0 Å². The van der Waals surface area contributed by atoms with Gasteiger partial charge in [-0.2, -0.15) is 0 Å². The molecular formula is C17H16F2O3. The summed E-state index contributed by atoms with van der Waals surface area (Å²) in [4.78, 5) is 12.5. The molecule has 2 aromatic carbocycles. The van der Waals surface area contributed by atoms with Crippen molar-refractivity contribution in [1.29, 1.82) is 0 Å². The van der Waals surface area contributed by atoms with E-state index in [0.29, 0.717) is 0 Å². The van der Waals surface area contributed by atoms with E-state index in [1.807, 2.05) is 0 Å². The maximum Gasteiger partial charge on any atom is 0.147 e. The Bertz CT molecular complexity index is 613. The molecule has 22 heavy (non-hydrogen) atoms. The van der Waals surface area contributed by atoms with E-state index in [1.165, 1.54) is 38.1 Å². The summed E-state index contributed by atoms with van der Waals surface area (Å²) >= 11 is 0. The fourth-order valence-corrected chi connectivity index (χ4v) is 2.57. The number of halogens is 2. The first-order chi connectivity index (χ1) is 10.3. The molecule has 2 unspecified atom stereocenters. The van der Waals surface area contributed by atoms with E-state index in [9.17, 15) is 23.8 Å². The fourth-order valence-electron chi connectivity index (χ4n) is 2.57. The van der Waals surface area contributed by atoms with Gasteiger partial charge in [-0.15, -0.1) is 0 Å². The highest BCUT2D eigenvalue weighted by atomic mass is 19.1. The van der Waals surface area contributed by atoms with Gasteiger partial charge in [-0.25, -0.2) is 8.78 Å². The monoisotopic (exact) mass is 306 g/mol. The minimum atomic E-state index is -0.977. The SMILES string of the molecule is CC(C(=O)C(C)c1c(O)cccc1F)c1c(O)cccc1F. The average Bonchev–Trinajstić information content (AvgIpc) is 2.45. The summed E-state index contributed by atoms with van der Waals surface area (Å²) in [6.07, 6.45) is 0. The van der Waals surface area contributed by atoms with Crippen molar-refractivity contribution >= 4 is 5.78 Å². The van der Waals surface area contributed by atoms with Crippen LogP contribution in [0.25, 0.3) is 0 Å². The number of carbonyl (C=O) groups is 1. The van der Waals surface area contributed by atoms with Crippen molar-refractivity contribution in [3.63, 3.8) is 0 Å². The van der Waals surface area contributed by atoms with Gasteiger partial charge in [-0.3, -0.25) is 4.79 Å². The van der Waals surface area contributed by atoms with Crippen LogP contribution in [0.15, 0.2) is 36.4 Å². The van der Waals surface area contributed by atoms with Crippen molar-refractivity contribution in [3.05, 3.63) is 59.2 Å². The van der Waals surface area contributed by atoms with E-state index in [-0.39, 0.29) is 22.6 Å². The van der Waals surface area contributed by atoms with Crippen LogP contribution in [0.1, 0.15) is 36.8 Å². The lowest BCUT2D eigenvalue weighted by molar-refractivity contribution is -0.121. The zero-order valence-electron chi connectivity index (χ0n) is 12.2. The van der Waals surface area contributed by atoms with Crippen LogP contribution in [0.2, 0.25) is 0 Å². The Morgan fingerprint density at radius 1 is 0.864 bits per heavy atom. The van der Waals surface area contributed by atoms with E-state index in [2.05, 4.69) is 0 Å². The Labute approximate surface area is 126 Å². The third-order valence-electron chi connectivity index (χ3n) is 3.78. The molecule has 2 N–H and O–H groups in total. The molecule has 0 saturated carbocycles. The summed E-state index contributed by atoms with van der Waals surface area (Å²) in [7, 11) is 0. The van der Waals surface area contributed by atoms with Gasteiger partial charge in [0.15, 0.2) is 0 Å². The summed E-state index contributed by atoms with van der Waals surface area (Å²) in [6.45, 7) is 2.88. The zero-order valence-corrected chi connectivity index (χ0v) is 12.2. The Hall–Kier alpha value is -2.43. The molecule has 0 radical (unpaired) electrons.